The van der Waals surface area contributed by atoms with Crippen molar-refractivity contribution in [3.8, 4) is 22.3 Å². The molecule has 5 aromatic rings. The molecule has 0 radical (unpaired) electrons. The van der Waals surface area contributed by atoms with Gasteiger partial charge in [-0.15, -0.1) is 0 Å². The molecular formula is C32H26N2. The van der Waals surface area contributed by atoms with Crippen molar-refractivity contribution in [1.29, 1.82) is 0 Å². The van der Waals surface area contributed by atoms with Gasteiger partial charge in [0.25, 0.3) is 0 Å². The lowest BCUT2D eigenvalue weighted by molar-refractivity contribution is 1.08. The van der Waals surface area contributed by atoms with E-state index in [-0.39, 0.29) is 0 Å². The Labute approximate surface area is 201 Å². The van der Waals surface area contributed by atoms with Gasteiger partial charge in [-0.2, -0.15) is 0 Å². The van der Waals surface area contributed by atoms with Crippen molar-refractivity contribution in [2.45, 2.75) is 6.54 Å². The summed E-state index contributed by atoms with van der Waals surface area (Å²) < 4.78 is 0. The van der Waals surface area contributed by atoms with Gasteiger partial charge in [0.1, 0.15) is 0 Å². The molecule has 164 valence electrons. The van der Waals surface area contributed by atoms with E-state index >= 15 is 0 Å². The maximum Gasteiger partial charge on any atom is 0.0639 e. The van der Waals surface area contributed by atoms with E-state index in [4.69, 9.17) is 0 Å². The van der Waals surface area contributed by atoms with Crippen LogP contribution < -0.4 is 5.32 Å². The first-order chi connectivity index (χ1) is 16.8. The summed E-state index contributed by atoms with van der Waals surface area (Å²) in [7, 11) is 0. The molecule has 5 rings (SSSR count). The van der Waals surface area contributed by atoms with Crippen molar-refractivity contribution in [2.24, 2.45) is 4.99 Å². The number of anilines is 2. The molecular weight excluding hydrogens is 412 g/mol. The van der Waals surface area contributed by atoms with Crippen molar-refractivity contribution >= 4 is 17.6 Å². The predicted molar refractivity (Wildman–Crippen MR) is 145 cm³/mol. The molecule has 0 heterocycles. The molecule has 1 N–H and O–H groups in total. The van der Waals surface area contributed by atoms with Crippen molar-refractivity contribution in [3.05, 3.63) is 145 Å². The minimum absolute atomic E-state index is 0.676. The Bertz CT molecular complexity index is 1370. The Hall–Kier alpha value is -4.43. The third kappa shape index (κ3) is 5.31. The molecule has 2 nitrogen and oxygen atoms in total. The Morgan fingerprint density at radius 2 is 1.24 bits per heavy atom. The second-order valence-corrected chi connectivity index (χ2v) is 8.20. The summed E-state index contributed by atoms with van der Waals surface area (Å²) in [4.78, 5) is 4.63. The Morgan fingerprint density at radius 1 is 0.559 bits per heavy atom. The maximum atomic E-state index is 4.63. The molecule has 34 heavy (non-hydrogen) atoms. The van der Waals surface area contributed by atoms with E-state index < -0.39 is 0 Å². The minimum atomic E-state index is 0.676. The van der Waals surface area contributed by atoms with E-state index in [2.05, 4.69) is 113 Å². The van der Waals surface area contributed by atoms with Gasteiger partial charge in [-0.05, 0) is 46.0 Å². The van der Waals surface area contributed by atoms with Crippen LogP contribution in [0.25, 0.3) is 22.3 Å². The monoisotopic (exact) mass is 438 g/mol. The van der Waals surface area contributed by atoms with Gasteiger partial charge in [0.05, 0.1) is 6.54 Å². The van der Waals surface area contributed by atoms with Crippen LogP contribution in [0.1, 0.15) is 11.1 Å². The van der Waals surface area contributed by atoms with E-state index in [1.807, 2.05) is 36.5 Å². The van der Waals surface area contributed by atoms with E-state index in [1.54, 1.807) is 0 Å². The van der Waals surface area contributed by atoms with Gasteiger partial charge in [-0.3, -0.25) is 4.99 Å². The topological polar surface area (TPSA) is 24.4 Å². The van der Waals surface area contributed by atoms with Crippen molar-refractivity contribution in [1.82, 2.24) is 0 Å². The van der Waals surface area contributed by atoms with Crippen molar-refractivity contribution in [2.75, 3.05) is 5.32 Å². The summed E-state index contributed by atoms with van der Waals surface area (Å²) in [6.45, 7) is 0.676. The van der Waals surface area contributed by atoms with Gasteiger partial charge < -0.3 is 5.32 Å². The van der Waals surface area contributed by atoms with Gasteiger partial charge in [-0.25, -0.2) is 0 Å². The summed E-state index contributed by atoms with van der Waals surface area (Å²) in [5, 5.41) is 3.67. The predicted octanol–water partition coefficient (Wildman–Crippen LogP) is 8.38. The molecule has 0 spiro atoms. The van der Waals surface area contributed by atoms with Crippen LogP contribution in [-0.4, -0.2) is 6.21 Å². The van der Waals surface area contributed by atoms with Crippen LogP contribution in [0.2, 0.25) is 0 Å². The fourth-order valence-corrected chi connectivity index (χ4v) is 4.02. The summed E-state index contributed by atoms with van der Waals surface area (Å²) in [6.07, 6.45) is 1.94. The fourth-order valence-electron chi connectivity index (χ4n) is 4.02. The Balaban J connectivity index is 1.44. The number of nitrogens with one attached hydrogen (secondary N) is 1. The van der Waals surface area contributed by atoms with Crippen LogP contribution >= 0.6 is 0 Å². The molecule has 2 heteroatoms. The van der Waals surface area contributed by atoms with Gasteiger partial charge in [0.2, 0.25) is 0 Å². The number of nitrogens with zero attached hydrogens (tertiary/aromatic N) is 1. The number of hydrogen-bond acceptors (Lipinski definition) is 2. The number of aliphatic imine (C=N–C) groups is 1. The normalized spacial score (nSPS) is 10.9. The van der Waals surface area contributed by atoms with Gasteiger partial charge in [-0.1, -0.05) is 115 Å². The third-order valence-electron chi connectivity index (χ3n) is 5.73. The molecule has 5 aromatic carbocycles. The molecule has 0 aliphatic carbocycles. The van der Waals surface area contributed by atoms with E-state index in [9.17, 15) is 0 Å². The number of rotatable bonds is 7. The molecule has 0 saturated carbocycles. The zero-order valence-corrected chi connectivity index (χ0v) is 18.9. The highest BCUT2D eigenvalue weighted by molar-refractivity contribution is 5.87. The Kier molecular flexibility index (Phi) is 6.59. The van der Waals surface area contributed by atoms with Gasteiger partial charge >= 0.3 is 0 Å². The second-order valence-electron chi connectivity index (χ2n) is 8.20. The smallest absolute Gasteiger partial charge is 0.0639 e. The molecule has 0 amide bonds. The molecule has 0 unspecified atom stereocenters. The molecule has 0 fully saturated rings. The first-order valence-electron chi connectivity index (χ1n) is 11.5. The average molecular weight is 439 g/mol. The highest BCUT2D eigenvalue weighted by Crippen LogP contribution is 2.34. The summed E-state index contributed by atoms with van der Waals surface area (Å²) >= 11 is 0. The van der Waals surface area contributed by atoms with Crippen LogP contribution in [0.4, 0.5) is 11.4 Å². The minimum Gasteiger partial charge on any atom is -0.355 e. The maximum absolute atomic E-state index is 4.63. The van der Waals surface area contributed by atoms with Gasteiger partial charge in [0.15, 0.2) is 0 Å². The summed E-state index contributed by atoms with van der Waals surface area (Å²) in [5.41, 5.74) is 9.13. The third-order valence-corrected chi connectivity index (χ3v) is 5.73. The lowest BCUT2D eigenvalue weighted by Gasteiger charge is -2.15. The molecule has 0 saturated heterocycles. The van der Waals surface area contributed by atoms with Crippen molar-refractivity contribution in [3.63, 3.8) is 0 Å². The first kappa shape index (κ1) is 21.4. The zero-order valence-electron chi connectivity index (χ0n) is 18.9. The largest absolute Gasteiger partial charge is 0.355 e. The highest BCUT2D eigenvalue weighted by atomic mass is 14.9. The summed E-state index contributed by atoms with van der Waals surface area (Å²) in [6, 6.07) is 46.3. The highest BCUT2D eigenvalue weighted by Gasteiger charge is 2.08. The van der Waals surface area contributed by atoms with Crippen LogP contribution in [0.15, 0.2) is 138 Å². The van der Waals surface area contributed by atoms with E-state index in [1.165, 1.54) is 27.8 Å². The van der Waals surface area contributed by atoms with E-state index in [0.29, 0.717) is 6.54 Å². The zero-order chi connectivity index (χ0) is 23.0. The van der Waals surface area contributed by atoms with Crippen LogP contribution in [0.5, 0.6) is 0 Å². The van der Waals surface area contributed by atoms with Crippen molar-refractivity contribution < 1.29 is 0 Å². The van der Waals surface area contributed by atoms with Crippen LogP contribution in [0, 0.1) is 0 Å². The van der Waals surface area contributed by atoms with Gasteiger partial charge in [0, 0.05) is 23.2 Å². The quantitative estimate of drug-likeness (QED) is 0.254. The first-order valence-corrected chi connectivity index (χ1v) is 11.5. The Morgan fingerprint density at radius 3 is 1.97 bits per heavy atom. The number of benzene rings is 5. The molecule has 0 aliphatic rings. The standard InChI is InChI=1S/C32H26N2/c1-4-11-25(12-5-1)23-33-24-26-13-10-18-30(21-26)34-32-22-29(27-14-6-2-7-15-27)19-20-31(32)28-16-8-3-9-17-28/h1-22,24,34H,23H2. The van der Waals surface area contributed by atoms with E-state index in [0.717, 1.165) is 16.9 Å². The fraction of sp³-hybridized carbons (Fsp3) is 0.0312. The molecule has 0 atom stereocenters. The number of hydrogen-bond donors (Lipinski definition) is 1. The lowest BCUT2D eigenvalue weighted by atomic mass is 9.98. The molecule has 0 aliphatic heterocycles. The summed E-state index contributed by atoms with van der Waals surface area (Å²) in [5.74, 6) is 0. The average Bonchev–Trinajstić information content (AvgIpc) is 2.91. The van der Waals surface area contributed by atoms with Crippen LogP contribution in [0.3, 0.4) is 0 Å². The second kappa shape index (κ2) is 10.5. The lowest BCUT2D eigenvalue weighted by Crippen LogP contribution is -1.95. The SMILES string of the molecule is C(=NCc1ccccc1)c1cccc(Nc2cc(-c3ccccc3)ccc2-c2ccccc2)c1. The van der Waals surface area contributed by atoms with Crippen LogP contribution in [-0.2, 0) is 6.54 Å². The molecule has 0 bridgehead atoms. The molecule has 0 aromatic heterocycles.